The summed E-state index contributed by atoms with van der Waals surface area (Å²) in [6.07, 6.45) is 1.72. The van der Waals surface area contributed by atoms with Gasteiger partial charge < -0.3 is 26.3 Å². The first-order valence-corrected chi connectivity index (χ1v) is 12.5. The summed E-state index contributed by atoms with van der Waals surface area (Å²) in [4.78, 5) is 41.3. The van der Waals surface area contributed by atoms with E-state index in [0.717, 1.165) is 24.4 Å². The number of nitrogens with one attached hydrogen (secondary N) is 1. The third-order valence-corrected chi connectivity index (χ3v) is 7.34. The lowest BCUT2D eigenvalue weighted by Gasteiger charge is -2.31. The van der Waals surface area contributed by atoms with Crippen molar-refractivity contribution in [3.63, 3.8) is 0 Å². The summed E-state index contributed by atoms with van der Waals surface area (Å²) >= 11 is 2.09. The van der Waals surface area contributed by atoms with Crippen LogP contribution >= 0.6 is 22.9 Å². The minimum absolute atomic E-state index is 0.00168. The largest absolute Gasteiger partial charge is 0.495 e. The number of primary amides is 1. The number of nitrogens with zero attached hydrogens (tertiary/aromatic N) is 2. The van der Waals surface area contributed by atoms with Gasteiger partial charge in [0.1, 0.15) is 10.6 Å². The third-order valence-electron chi connectivity index (χ3n) is 5.57. The molecular formula is C23H25N5O5S2. The van der Waals surface area contributed by atoms with Gasteiger partial charge in [-0.15, -0.1) is 11.3 Å². The first-order chi connectivity index (χ1) is 16.9. The Hall–Kier alpha value is -3.48. The predicted octanol–water partition coefficient (Wildman–Crippen LogP) is 2.58. The summed E-state index contributed by atoms with van der Waals surface area (Å²) in [5, 5.41) is 4.76. The molecule has 2 unspecified atom stereocenters. The van der Waals surface area contributed by atoms with E-state index in [-0.39, 0.29) is 28.3 Å². The molecular weight excluding hydrogens is 490 g/mol. The lowest BCUT2D eigenvalue weighted by atomic mass is 10.1. The second kappa shape index (κ2) is 10.8. The molecule has 0 bridgehead atoms. The minimum Gasteiger partial charge on any atom is -0.495 e. The number of hydrogen-bond donors (Lipinski definition) is 3. The van der Waals surface area contributed by atoms with Crippen LogP contribution in [0.2, 0.25) is 0 Å². The number of rotatable bonds is 9. The van der Waals surface area contributed by atoms with Crippen molar-refractivity contribution >= 4 is 52.0 Å². The van der Waals surface area contributed by atoms with Crippen molar-refractivity contribution in [1.82, 2.24) is 9.69 Å². The molecule has 1 fully saturated rings. The molecule has 0 saturated carbocycles. The summed E-state index contributed by atoms with van der Waals surface area (Å²) in [5.41, 5.74) is 11.5. The molecule has 1 saturated heterocycles. The standard InChI is InChI=1S/C23H25N5O5S2/c1-32-15-8-3-2-7-14(15)28(23(31)20-17(24)18(21(25)29)27-35-20)19(16-9-5-11-34-16)22(30)26-12-13-6-4-10-33-13/h2-3,5,7-9,11,13,19H,4,6,10,12,24H2,1H3,(H2,25,29)(H,26,30). The maximum absolute atomic E-state index is 14.0. The number of benzene rings is 1. The van der Waals surface area contributed by atoms with E-state index in [4.69, 9.17) is 20.9 Å². The molecule has 12 heteroatoms. The second-order valence-corrected chi connectivity index (χ2v) is 9.54. The van der Waals surface area contributed by atoms with Crippen LogP contribution in [0.3, 0.4) is 0 Å². The highest BCUT2D eigenvalue weighted by atomic mass is 32.1. The maximum atomic E-state index is 14.0. The number of carbonyl (C=O) groups excluding carboxylic acids is 3. The van der Waals surface area contributed by atoms with E-state index in [1.54, 1.807) is 36.4 Å². The molecule has 4 rings (SSSR count). The Labute approximate surface area is 210 Å². The van der Waals surface area contributed by atoms with Crippen molar-refractivity contribution in [2.75, 3.05) is 30.9 Å². The Morgan fingerprint density at radius 1 is 1.29 bits per heavy atom. The molecule has 0 radical (unpaired) electrons. The summed E-state index contributed by atoms with van der Waals surface area (Å²) in [7, 11) is 1.48. The second-order valence-electron chi connectivity index (χ2n) is 7.78. The smallest absolute Gasteiger partial charge is 0.273 e. The van der Waals surface area contributed by atoms with Crippen LogP contribution in [-0.4, -0.2) is 48.5 Å². The van der Waals surface area contributed by atoms with Gasteiger partial charge in [0.15, 0.2) is 11.7 Å². The minimum atomic E-state index is -1.04. The highest BCUT2D eigenvalue weighted by Crippen LogP contribution is 2.38. The Bertz CT molecular complexity index is 1210. The van der Waals surface area contributed by atoms with Gasteiger partial charge in [0.2, 0.25) is 5.91 Å². The molecule has 35 heavy (non-hydrogen) atoms. The molecule has 3 heterocycles. The van der Waals surface area contributed by atoms with Crippen LogP contribution in [0.15, 0.2) is 41.8 Å². The van der Waals surface area contributed by atoms with Gasteiger partial charge in [0, 0.05) is 18.0 Å². The van der Waals surface area contributed by atoms with Gasteiger partial charge in [-0.2, -0.15) is 4.37 Å². The van der Waals surface area contributed by atoms with E-state index >= 15 is 0 Å². The number of para-hydroxylation sites is 2. The van der Waals surface area contributed by atoms with Crippen LogP contribution in [0.1, 0.15) is 43.9 Å². The van der Waals surface area contributed by atoms with Crippen molar-refractivity contribution in [1.29, 1.82) is 0 Å². The lowest BCUT2D eigenvalue weighted by molar-refractivity contribution is -0.122. The number of carbonyl (C=O) groups is 3. The van der Waals surface area contributed by atoms with E-state index in [0.29, 0.717) is 29.5 Å². The normalized spacial score (nSPS) is 16.0. The van der Waals surface area contributed by atoms with Crippen molar-refractivity contribution in [3.05, 3.63) is 57.2 Å². The van der Waals surface area contributed by atoms with E-state index in [9.17, 15) is 14.4 Å². The topological polar surface area (TPSA) is 150 Å². The number of hydrogen-bond acceptors (Lipinski definition) is 9. The number of nitrogens with two attached hydrogens (primary N) is 2. The number of thiophene rings is 1. The number of methoxy groups -OCH3 is 1. The van der Waals surface area contributed by atoms with Crippen LogP contribution < -0.4 is 26.4 Å². The zero-order valence-electron chi connectivity index (χ0n) is 18.9. The molecule has 1 aromatic carbocycles. The molecule has 3 aromatic rings. The SMILES string of the molecule is COc1ccccc1N(C(=O)c1snc(C(N)=O)c1N)C(C(=O)NCC1CCCO1)c1cccs1. The van der Waals surface area contributed by atoms with Gasteiger partial charge in [0.05, 0.1) is 24.6 Å². The Balaban J connectivity index is 1.80. The Kier molecular flexibility index (Phi) is 7.63. The van der Waals surface area contributed by atoms with E-state index in [1.807, 2.05) is 5.38 Å². The Morgan fingerprint density at radius 2 is 2.09 bits per heavy atom. The third kappa shape index (κ3) is 5.14. The van der Waals surface area contributed by atoms with Crippen LogP contribution in [0.5, 0.6) is 5.75 Å². The predicted molar refractivity (Wildman–Crippen MR) is 134 cm³/mol. The maximum Gasteiger partial charge on any atom is 0.273 e. The molecule has 1 aliphatic heterocycles. The van der Waals surface area contributed by atoms with E-state index in [2.05, 4.69) is 9.69 Å². The zero-order chi connectivity index (χ0) is 24.9. The highest BCUT2D eigenvalue weighted by Gasteiger charge is 2.38. The molecule has 2 aromatic heterocycles. The summed E-state index contributed by atoms with van der Waals surface area (Å²) < 4.78 is 15.1. The number of amides is 3. The quantitative estimate of drug-likeness (QED) is 0.396. The van der Waals surface area contributed by atoms with Gasteiger partial charge in [0.25, 0.3) is 11.8 Å². The van der Waals surface area contributed by atoms with Gasteiger partial charge in [-0.05, 0) is 48.0 Å². The zero-order valence-corrected chi connectivity index (χ0v) is 20.6. The number of ether oxygens (including phenoxy) is 2. The van der Waals surface area contributed by atoms with Crippen molar-refractivity contribution < 1.29 is 23.9 Å². The van der Waals surface area contributed by atoms with Gasteiger partial charge in [-0.3, -0.25) is 19.3 Å². The van der Waals surface area contributed by atoms with Crippen LogP contribution in [-0.2, 0) is 9.53 Å². The molecule has 0 spiro atoms. The summed E-state index contributed by atoms with van der Waals surface area (Å²) in [6, 6.07) is 9.40. The molecule has 10 nitrogen and oxygen atoms in total. The Morgan fingerprint density at radius 3 is 2.71 bits per heavy atom. The van der Waals surface area contributed by atoms with Crippen molar-refractivity contribution in [2.24, 2.45) is 5.73 Å². The fourth-order valence-electron chi connectivity index (χ4n) is 3.87. The van der Waals surface area contributed by atoms with Crippen LogP contribution in [0.25, 0.3) is 0 Å². The highest BCUT2D eigenvalue weighted by molar-refractivity contribution is 7.10. The van der Waals surface area contributed by atoms with Crippen LogP contribution in [0, 0.1) is 0 Å². The summed E-state index contributed by atoms with van der Waals surface area (Å²) in [6.45, 7) is 0.983. The molecule has 184 valence electrons. The van der Waals surface area contributed by atoms with E-state index in [1.165, 1.54) is 23.3 Å². The monoisotopic (exact) mass is 515 g/mol. The molecule has 1 aliphatic rings. The number of aromatic nitrogens is 1. The fraction of sp³-hybridized carbons (Fsp3) is 0.304. The van der Waals surface area contributed by atoms with Crippen molar-refractivity contribution in [3.8, 4) is 5.75 Å². The molecule has 0 aliphatic carbocycles. The van der Waals surface area contributed by atoms with E-state index < -0.39 is 17.9 Å². The molecule has 2 atom stereocenters. The van der Waals surface area contributed by atoms with Gasteiger partial charge in [-0.25, -0.2) is 0 Å². The number of nitrogen functional groups attached to an aromatic ring is 1. The molecule has 5 N–H and O–H groups in total. The van der Waals surface area contributed by atoms with Gasteiger partial charge in [-0.1, -0.05) is 18.2 Å². The van der Waals surface area contributed by atoms with Crippen LogP contribution in [0.4, 0.5) is 11.4 Å². The van der Waals surface area contributed by atoms with Gasteiger partial charge >= 0.3 is 0 Å². The fourth-order valence-corrected chi connectivity index (χ4v) is 5.43. The van der Waals surface area contributed by atoms with Crippen molar-refractivity contribution in [2.45, 2.75) is 25.0 Å². The average Bonchev–Trinajstić information content (AvgIpc) is 3.63. The summed E-state index contributed by atoms with van der Waals surface area (Å²) in [5.74, 6) is -1.46. The molecule has 3 amide bonds. The lowest BCUT2D eigenvalue weighted by Crippen LogP contribution is -2.45. The first kappa shape index (κ1) is 24.6. The first-order valence-electron chi connectivity index (χ1n) is 10.9. The number of anilines is 2. The average molecular weight is 516 g/mol.